The van der Waals surface area contributed by atoms with Crippen LogP contribution in [0.25, 0.3) is 11.1 Å². The predicted molar refractivity (Wildman–Crippen MR) is 220 cm³/mol. The first-order valence-electron chi connectivity index (χ1n) is 20.1. The average molecular weight is 926 g/mol. The van der Waals surface area contributed by atoms with Gasteiger partial charge in [0.05, 0.1) is 12.0 Å². The molecule has 7 rings (SSSR count). The Balaban J connectivity index is 1.09. The molecule has 5 aliphatic rings. The molecule has 3 fully saturated rings. The lowest BCUT2D eigenvalue weighted by Gasteiger charge is -2.64. The first-order valence-corrected chi connectivity index (χ1v) is 24.1. The molecule has 0 spiro atoms. The monoisotopic (exact) mass is 925 g/mol. The summed E-state index contributed by atoms with van der Waals surface area (Å²) in [6, 6.07) is 14.1. The van der Waals surface area contributed by atoms with Gasteiger partial charge in [-0.05, 0) is 77.7 Å². The molecule has 0 heterocycles. The highest BCUT2D eigenvalue weighted by molar-refractivity contribution is 8.13. The van der Waals surface area contributed by atoms with E-state index >= 15 is 8.78 Å². The fourth-order valence-corrected chi connectivity index (χ4v) is 15.0. The number of aldehydes is 1. The average Bonchev–Trinajstić information content (AvgIpc) is 3.64. The minimum atomic E-state index is -5.90. The second kappa shape index (κ2) is 17.1. The Morgan fingerprint density at radius 2 is 1.66 bits per heavy atom. The molecule has 3 saturated carbocycles. The molecule has 2 aromatic carbocycles. The van der Waals surface area contributed by atoms with Crippen molar-refractivity contribution < 1.29 is 74.5 Å². The number of carbonyl (C=O) groups excluding carboxylic acids is 3. The van der Waals surface area contributed by atoms with E-state index in [1.54, 1.807) is 6.08 Å². The molecule has 62 heavy (non-hydrogen) atoms. The lowest BCUT2D eigenvalue weighted by molar-refractivity contribution is -0.212. The van der Waals surface area contributed by atoms with Crippen LogP contribution in [0.2, 0.25) is 0 Å². The Morgan fingerprint density at radius 3 is 2.27 bits per heavy atom. The van der Waals surface area contributed by atoms with Gasteiger partial charge in [-0.1, -0.05) is 92.4 Å². The van der Waals surface area contributed by atoms with E-state index in [2.05, 4.69) is 9.63 Å². The molecular formula is C42H48F3NO13P2S. The number of alkyl halides is 3. The summed E-state index contributed by atoms with van der Waals surface area (Å²) in [6.07, 6.45) is -1.46. The van der Waals surface area contributed by atoms with Crippen LogP contribution in [0.15, 0.2) is 72.3 Å². The highest BCUT2D eigenvalue weighted by Gasteiger charge is 2.79. The summed E-state index contributed by atoms with van der Waals surface area (Å²) in [4.78, 5) is 73.7. The fraction of sp³-hybridized carbons (Fsp3) is 0.524. The SMILES string of the molecule is C[C@@H]1C[C@H]2[C@@H]3C[C@H](F)C4=CCC=C[C@]4(C)[C@@]3(F)[C@@H](OP(=O)(O)OP(=O)(O)OCCNC(=O)OCC3c4ccccc4-c4ccccc43)C[C@]2(C)[C@]1(C(=O)SCF)C(C=O)C(=O)O. The van der Waals surface area contributed by atoms with E-state index in [-0.39, 0.29) is 49.0 Å². The van der Waals surface area contributed by atoms with Gasteiger partial charge in [0, 0.05) is 23.8 Å². The number of amides is 1. The van der Waals surface area contributed by atoms with Crippen LogP contribution in [0.1, 0.15) is 63.5 Å². The van der Waals surface area contributed by atoms with Crippen LogP contribution in [-0.2, 0) is 41.6 Å². The van der Waals surface area contributed by atoms with Gasteiger partial charge in [0.1, 0.15) is 37.1 Å². The van der Waals surface area contributed by atoms with Crippen molar-refractivity contribution in [1.82, 2.24) is 5.32 Å². The van der Waals surface area contributed by atoms with E-state index in [0.717, 1.165) is 22.3 Å². The van der Waals surface area contributed by atoms with Crippen LogP contribution >= 0.6 is 27.4 Å². The van der Waals surface area contributed by atoms with Gasteiger partial charge < -0.3 is 29.7 Å². The summed E-state index contributed by atoms with van der Waals surface area (Å²) in [7, 11) is -11.5. The molecule has 0 bridgehead atoms. The number of thioether (sulfide) groups is 1. The van der Waals surface area contributed by atoms with Crippen molar-refractivity contribution >= 4 is 50.9 Å². The molecule has 12 atom stereocenters. The number of benzene rings is 2. The number of carbonyl (C=O) groups is 4. The number of carboxylic acids is 1. The van der Waals surface area contributed by atoms with Gasteiger partial charge in [-0.2, -0.15) is 4.31 Å². The minimum Gasteiger partial charge on any atom is -0.481 e. The van der Waals surface area contributed by atoms with Crippen LogP contribution in [-0.4, -0.2) is 82.1 Å². The van der Waals surface area contributed by atoms with Crippen LogP contribution in [0.4, 0.5) is 18.0 Å². The number of ether oxygens (including phenoxy) is 1. The van der Waals surface area contributed by atoms with E-state index in [1.165, 1.54) is 32.9 Å². The van der Waals surface area contributed by atoms with Gasteiger partial charge in [0.15, 0.2) is 10.8 Å². The van der Waals surface area contributed by atoms with Gasteiger partial charge in [-0.15, -0.1) is 0 Å². The third-order valence-corrected chi connectivity index (χ3v) is 17.6. The summed E-state index contributed by atoms with van der Waals surface area (Å²) in [5.74, 6) is -7.59. The maximum absolute atomic E-state index is 18.7. The van der Waals surface area contributed by atoms with Crippen molar-refractivity contribution in [3.05, 3.63) is 83.5 Å². The largest absolute Gasteiger partial charge is 0.481 e. The van der Waals surface area contributed by atoms with E-state index in [4.69, 9.17) is 13.8 Å². The number of alkyl carbamates (subject to hydrolysis) is 1. The van der Waals surface area contributed by atoms with Crippen LogP contribution in [0.5, 0.6) is 0 Å². The summed E-state index contributed by atoms with van der Waals surface area (Å²) in [5.41, 5.74) is -4.73. The molecule has 336 valence electrons. The third-order valence-electron chi connectivity index (χ3n) is 14.2. The number of phosphoric acid groups is 2. The van der Waals surface area contributed by atoms with Gasteiger partial charge >= 0.3 is 27.7 Å². The molecule has 20 heteroatoms. The highest BCUT2D eigenvalue weighted by atomic mass is 32.2. The van der Waals surface area contributed by atoms with E-state index in [1.807, 2.05) is 48.5 Å². The number of hydrogen-bond donors (Lipinski definition) is 4. The second-order valence-electron chi connectivity index (χ2n) is 17.0. The zero-order chi connectivity index (χ0) is 45.0. The Kier molecular flexibility index (Phi) is 12.8. The van der Waals surface area contributed by atoms with Crippen LogP contribution in [0, 0.1) is 39.9 Å². The molecule has 2 aromatic rings. The topological polar surface area (TPSA) is 212 Å². The molecular weight excluding hydrogens is 877 g/mol. The van der Waals surface area contributed by atoms with Gasteiger partial charge in [-0.3, -0.25) is 18.6 Å². The van der Waals surface area contributed by atoms with E-state index in [0.29, 0.717) is 0 Å². The summed E-state index contributed by atoms with van der Waals surface area (Å²) in [5, 5.41) is 11.6. The smallest absolute Gasteiger partial charge is 0.481 e. The minimum absolute atomic E-state index is 0.0161. The Hall–Kier alpha value is -3.60. The molecule has 0 aliphatic heterocycles. The van der Waals surface area contributed by atoms with Crippen molar-refractivity contribution in [2.45, 2.75) is 70.3 Å². The molecule has 1 amide bonds. The van der Waals surface area contributed by atoms with Gasteiger partial charge in [0.2, 0.25) is 0 Å². The predicted octanol–water partition coefficient (Wildman–Crippen LogP) is 8.24. The van der Waals surface area contributed by atoms with Gasteiger partial charge in [-0.25, -0.2) is 27.1 Å². The lowest BCUT2D eigenvalue weighted by Crippen LogP contribution is -2.70. The second-order valence-corrected chi connectivity index (χ2v) is 20.9. The van der Waals surface area contributed by atoms with E-state index in [9.17, 15) is 47.6 Å². The number of halogens is 3. The molecule has 0 radical (unpaired) electrons. The third kappa shape index (κ3) is 7.45. The van der Waals surface area contributed by atoms with Crippen molar-refractivity contribution in [2.75, 3.05) is 25.8 Å². The quantitative estimate of drug-likeness (QED) is 0.0436. The standard InChI is InChI=1S/C42H48F3NO13P2S/c1-24-18-31-32-19-34(44)30-14-8-9-15-39(30,2)42(32,45)35(20-40(31,3)41(24,37(50)62-23-43)33(21-47)36(48)49)58-61(54,55)59-60(52,53)57-17-16-46-38(51)56-22-29-27-12-6-4-10-25(27)26-11-5-7-13-28(26)29/h4-7,9-15,21,24,29,31-35H,8,16-20,22-23H2,1-3H3,(H,46,51)(H,48,49)(H,52,53)(H,54,55)/t24-,31+,32+,33?,34+,35+,39+,40+,41+,42+/m1/s1. The van der Waals surface area contributed by atoms with Crippen molar-refractivity contribution in [3.8, 4) is 11.1 Å². The Morgan fingerprint density at radius 1 is 1.02 bits per heavy atom. The summed E-state index contributed by atoms with van der Waals surface area (Å²) < 4.78 is 96.3. The van der Waals surface area contributed by atoms with Crippen LogP contribution < -0.4 is 5.32 Å². The zero-order valence-corrected chi connectivity index (χ0v) is 36.6. The molecule has 0 aromatic heterocycles. The first kappa shape index (κ1) is 46.4. The summed E-state index contributed by atoms with van der Waals surface area (Å²) in [6.45, 7) is 3.02. The highest BCUT2D eigenvalue weighted by Crippen LogP contribution is 2.77. The number of rotatable bonds is 15. The normalized spacial score (nSPS) is 34.5. The number of fused-ring (bicyclic) bond motifs is 8. The molecule has 4 N–H and O–H groups in total. The molecule has 0 saturated heterocycles. The number of phosphoric ester groups is 2. The first-order chi connectivity index (χ1) is 29.2. The lowest BCUT2D eigenvalue weighted by atomic mass is 9.42. The van der Waals surface area contributed by atoms with Crippen LogP contribution in [0.3, 0.4) is 0 Å². The Labute approximate surface area is 360 Å². The number of carboxylic acid groups (broad SMARTS) is 1. The van der Waals surface area contributed by atoms with Gasteiger partial charge in [0.25, 0.3) is 0 Å². The molecule has 14 nitrogen and oxygen atoms in total. The molecule has 5 aliphatic carbocycles. The maximum Gasteiger partial charge on any atom is 0.481 e. The van der Waals surface area contributed by atoms with E-state index < -0.39 is 123 Å². The van der Waals surface area contributed by atoms with Crippen molar-refractivity contribution in [2.24, 2.45) is 39.9 Å². The Bertz CT molecular complexity index is 2260. The maximum atomic E-state index is 18.7. The zero-order valence-electron chi connectivity index (χ0n) is 34.0. The fourth-order valence-electron chi connectivity index (χ4n) is 11.9. The number of allylic oxidation sites excluding steroid dienone is 4. The molecule has 3 unspecified atom stereocenters. The number of nitrogens with one attached hydrogen (secondary N) is 1. The number of hydrogen-bond acceptors (Lipinski definition) is 11. The summed E-state index contributed by atoms with van der Waals surface area (Å²) >= 11 is 0.124. The van der Waals surface area contributed by atoms with Crippen molar-refractivity contribution in [3.63, 3.8) is 0 Å². The number of aliphatic carboxylic acids is 1. The van der Waals surface area contributed by atoms with Crippen molar-refractivity contribution in [1.29, 1.82) is 0 Å².